The molecule has 1 aliphatic heterocycles. The largest absolute Gasteiger partial charge is 0.348 e. The summed E-state index contributed by atoms with van der Waals surface area (Å²) in [4.78, 5) is 24.9. The van der Waals surface area contributed by atoms with E-state index in [1.807, 2.05) is 12.1 Å². The highest BCUT2D eigenvalue weighted by Crippen LogP contribution is 2.25. The predicted octanol–water partition coefficient (Wildman–Crippen LogP) is 3.50. The van der Waals surface area contributed by atoms with Gasteiger partial charge in [0.05, 0.1) is 0 Å². The summed E-state index contributed by atoms with van der Waals surface area (Å²) < 4.78 is 0. The molecule has 1 saturated heterocycles. The van der Waals surface area contributed by atoms with Crippen LogP contribution < -0.4 is 16.0 Å². The van der Waals surface area contributed by atoms with Gasteiger partial charge in [0.1, 0.15) is 0 Å². The van der Waals surface area contributed by atoms with Crippen molar-refractivity contribution < 1.29 is 9.59 Å². The van der Waals surface area contributed by atoms with Crippen LogP contribution in [0, 0.1) is 5.92 Å². The molecule has 1 aliphatic carbocycles. The number of carbonyl (C=O) groups is 2. The first-order valence-electron chi connectivity index (χ1n) is 9.58. The van der Waals surface area contributed by atoms with Crippen molar-refractivity contribution in [2.75, 3.05) is 11.9 Å². The molecule has 1 saturated carbocycles. The second kappa shape index (κ2) is 9.93. The van der Waals surface area contributed by atoms with Gasteiger partial charge in [-0.05, 0) is 57.4 Å². The molecule has 2 unspecified atom stereocenters. The lowest BCUT2D eigenvalue weighted by Crippen LogP contribution is -2.51. The van der Waals surface area contributed by atoms with Crippen LogP contribution in [0.3, 0.4) is 0 Å². The average molecular weight is 380 g/mol. The number of anilines is 1. The highest BCUT2D eigenvalue weighted by Gasteiger charge is 2.24. The SMILES string of the molecule is CC1NCCCC1NC(=O)c1cccc(NC(=O)C2CCCCC2)c1.Cl. The highest BCUT2D eigenvalue weighted by atomic mass is 35.5. The third-order valence-corrected chi connectivity index (χ3v) is 5.45. The Bertz CT molecular complexity index is 617. The molecular formula is C20H30ClN3O2. The minimum Gasteiger partial charge on any atom is -0.348 e. The summed E-state index contributed by atoms with van der Waals surface area (Å²) in [6.45, 7) is 3.11. The van der Waals surface area contributed by atoms with Gasteiger partial charge >= 0.3 is 0 Å². The zero-order chi connectivity index (χ0) is 17.6. The lowest BCUT2D eigenvalue weighted by atomic mass is 9.88. The van der Waals surface area contributed by atoms with E-state index in [9.17, 15) is 9.59 Å². The third kappa shape index (κ3) is 5.45. The maximum atomic E-state index is 12.5. The summed E-state index contributed by atoms with van der Waals surface area (Å²) in [6, 6.07) is 7.69. The van der Waals surface area contributed by atoms with Crippen LogP contribution >= 0.6 is 12.4 Å². The zero-order valence-electron chi connectivity index (χ0n) is 15.4. The summed E-state index contributed by atoms with van der Waals surface area (Å²) in [7, 11) is 0. The van der Waals surface area contributed by atoms with Crippen molar-refractivity contribution in [3.63, 3.8) is 0 Å². The Balaban J connectivity index is 0.00000243. The van der Waals surface area contributed by atoms with E-state index in [1.165, 1.54) is 6.42 Å². The summed E-state index contributed by atoms with van der Waals surface area (Å²) in [5.74, 6) is 0.122. The quantitative estimate of drug-likeness (QED) is 0.749. The fraction of sp³-hybridized carbons (Fsp3) is 0.600. The topological polar surface area (TPSA) is 70.2 Å². The van der Waals surface area contributed by atoms with Gasteiger partial charge in [-0.2, -0.15) is 0 Å². The first-order valence-corrected chi connectivity index (χ1v) is 9.58. The van der Waals surface area contributed by atoms with Crippen molar-refractivity contribution in [1.82, 2.24) is 10.6 Å². The number of benzene rings is 1. The Kier molecular flexibility index (Phi) is 7.91. The van der Waals surface area contributed by atoms with Gasteiger partial charge in [-0.15, -0.1) is 12.4 Å². The lowest BCUT2D eigenvalue weighted by Gasteiger charge is -2.30. The van der Waals surface area contributed by atoms with E-state index < -0.39 is 0 Å². The van der Waals surface area contributed by atoms with Gasteiger partial charge in [0.15, 0.2) is 0 Å². The fourth-order valence-corrected chi connectivity index (χ4v) is 3.84. The number of hydrogen-bond donors (Lipinski definition) is 3. The molecule has 26 heavy (non-hydrogen) atoms. The average Bonchev–Trinajstić information content (AvgIpc) is 2.64. The van der Waals surface area contributed by atoms with Crippen LogP contribution in [0.4, 0.5) is 5.69 Å². The van der Waals surface area contributed by atoms with E-state index in [4.69, 9.17) is 0 Å². The molecule has 2 atom stereocenters. The Morgan fingerprint density at radius 2 is 1.85 bits per heavy atom. The lowest BCUT2D eigenvalue weighted by molar-refractivity contribution is -0.120. The second-order valence-corrected chi connectivity index (χ2v) is 7.37. The summed E-state index contributed by atoms with van der Waals surface area (Å²) >= 11 is 0. The van der Waals surface area contributed by atoms with E-state index in [0.29, 0.717) is 11.3 Å². The highest BCUT2D eigenvalue weighted by molar-refractivity contribution is 5.97. The van der Waals surface area contributed by atoms with E-state index in [-0.39, 0.29) is 42.2 Å². The fourth-order valence-electron chi connectivity index (χ4n) is 3.84. The first kappa shape index (κ1) is 20.7. The van der Waals surface area contributed by atoms with Crippen LogP contribution in [0.2, 0.25) is 0 Å². The van der Waals surface area contributed by atoms with Crippen molar-refractivity contribution in [3.8, 4) is 0 Å². The van der Waals surface area contributed by atoms with Crippen molar-refractivity contribution in [2.24, 2.45) is 5.92 Å². The maximum Gasteiger partial charge on any atom is 0.251 e. The van der Waals surface area contributed by atoms with Gasteiger partial charge in [0.2, 0.25) is 5.91 Å². The molecule has 1 heterocycles. The van der Waals surface area contributed by atoms with E-state index in [2.05, 4.69) is 22.9 Å². The number of rotatable bonds is 4. The minimum absolute atomic E-state index is 0. The zero-order valence-corrected chi connectivity index (χ0v) is 16.2. The number of nitrogens with one attached hydrogen (secondary N) is 3. The van der Waals surface area contributed by atoms with Crippen LogP contribution in [0.15, 0.2) is 24.3 Å². The van der Waals surface area contributed by atoms with Gasteiger partial charge in [0, 0.05) is 29.3 Å². The van der Waals surface area contributed by atoms with Gasteiger partial charge in [-0.3, -0.25) is 9.59 Å². The Morgan fingerprint density at radius 1 is 1.08 bits per heavy atom. The molecule has 6 heteroatoms. The van der Waals surface area contributed by atoms with Crippen LogP contribution in [-0.4, -0.2) is 30.4 Å². The van der Waals surface area contributed by atoms with Crippen molar-refractivity contribution in [1.29, 1.82) is 0 Å². The van der Waals surface area contributed by atoms with Crippen LogP contribution in [0.25, 0.3) is 0 Å². The predicted molar refractivity (Wildman–Crippen MR) is 107 cm³/mol. The minimum atomic E-state index is -0.0747. The van der Waals surface area contributed by atoms with E-state index >= 15 is 0 Å². The van der Waals surface area contributed by atoms with Gasteiger partial charge in [0.25, 0.3) is 5.91 Å². The van der Waals surface area contributed by atoms with Crippen LogP contribution in [0.5, 0.6) is 0 Å². The standard InChI is InChI=1S/C20H29N3O2.ClH/c1-14-18(11-6-12-21-14)23-20(25)16-9-5-10-17(13-16)22-19(24)15-7-3-2-4-8-15;/h5,9-10,13-15,18,21H,2-4,6-8,11-12H2,1H3,(H,22,24)(H,23,25);1H. The Morgan fingerprint density at radius 3 is 2.58 bits per heavy atom. The van der Waals surface area contributed by atoms with Gasteiger partial charge in [-0.25, -0.2) is 0 Å². The van der Waals surface area contributed by atoms with E-state index in [1.54, 1.807) is 12.1 Å². The summed E-state index contributed by atoms with van der Waals surface area (Å²) in [6.07, 6.45) is 7.51. The van der Waals surface area contributed by atoms with Crippen molar-refractivity contribution in [2.45, 2.75) is 64.0 Å². The molecule has 2 aliphatic rings. The normalized spacial score (nSPS) is 23.6. The van der Waals surface area contributed by atoms with Crippen molar-refractivity contribution in [3.05, 3.63) is 29.8 Å². The third-order valence-electron chi connectivity index (χ3n) is 5.45. The second-order valence-electron chi connectivity index (χ2n) is 7.37. The van der Waals surface area contributed by atoms with Crippen molar-refractivity contribution >= 4 is 29.9 Å². The smallest absolute Gasteiger partial charge is 0.251 e. The molecule has 0 radical (unpaired) electrons. The number of halogens is 1. The summed E-state index contributed by atoms with van der Waals surface area (Å²) in [5, 5.41) is 9.49. The molecule has 1 aromatic carbocycles. The molecule has 5 nitrogen and oxygen atoms in total. The Labute approximate surface area is 162 Å². The molecule has 1 aromatic rings. The van der Waals surface area contributed by atoms with Crippen LogP contribution in [-0.2, 0) is 4.79 Å². The molecule has 0 bridgehead atoms. The molecule has 2 fully saturated rings. The van der Waals surface area contributed by atoms with Gasteiger partial charge < -0.3 is 16.0 Å². The Hall–Kier alpha value is -1.59. The number of amides is 2. The van der Waals surface area contributed by atoms with Gasteiger partial charge in [-0.1, -0.05) is 25.3 Å². The molecule has 2 amide bonds. The first-order chi connectivity index (χ1) is 12.1. The summed E-state index contributed by atoms with van der Waals surface area (Å²) in [5.41, 5.74) is 1.30. The number of hydrogen-bond acceptors (Lipinski definition) is 3. The molecular weight excluding hydrogens is 350 g/mol. The molecule has 144 valence electrons. The molecule has 3 N–H and O–H groups in total. The maximum absolute atomic E-state index is 12.5. The van der Waals surface area contributed by atoms with E-state index in [0.717, 1.165) is 45.1 Å². The number of piperidine rings is 1. The molecule has 3 rings (SSSR count). The molecule has 0 spiro atoms. The number of carbonyl (C=O) groups excluding carboxylic acids is 2. The molecule has 0 aromatic heterocycles. The van der Waals surface area contributed by atoms with Crippen LogP contribution in [0.1, 0.15) is 62.2 Å². The monoisotopic (exact) mass is 379 g/mol.